The molecule has 1 amide bonds. The molecule has 102 valence electrons. The van der Waals surface area contributed by atoms with Crippen molar-refractivity contribution >= 4 is 35.0 Å². The minimum Gasteiger partial charge on any atom is -0.325 e. The number of hydrogen-bond donors (Lipinski definition) is 2. The van der Waals surface area contributed by atoms with Gasteiger partial charge in [0, 0.05) is 5.69 Å². The fourth-order valence-corrected chi connectivity index (χ4v) is 2.34. The van der Waals surface area contributed by atoms with E-state index in [4.69, 9.17) is 16.9 Å². The number of thioether (sulfide) groups is 1. The molecule has 0 aliphatic heterocycles. The normalized spacial score (nSPS) is 11.7. The van der Waals surface area contributed by atoms with Gasteiger partial charge in [-0.25, -0.2) is 4.98 Å². The van der Waals surface area contributed by atoms with Crippen molar-refractivity contribution in [3.8, 4) is 6.07 Å². The summed E-state index contributed by atoms with van der Waals surface area (Å²) in [6.07, 6.45) is 1.38. The molecule has 0 saturated carbocycles. The van der Waals surface area contributed by atoms with Crippen molar-refractivity contribution in [3.63, 3.8) is 0 Å². The lowest BCUT2D eigenvalue weighted by Crippen LogP contribution is -2.22. The lowest BCUT2D eigenvalue weighted by molar-refractivity contribution is -0.115. The highest BCUT2D eigenvalue weighted by molar-refractivity contribution is 8.00. The van der Waals surface area contributed by atoms with Gasteiger partial charge in [0.2, 0.25) is 5.91 Å². The Kier molecular flexibility index (Phi) is 4.61. The van der Waals surface area contributed by atoms with Gasteiger partial charge < -0.3 is 5.32 Å². The molecule has 8 heteroatoms. The second-order valence-electron chi connectivity index (χ2n) is 3.85. The third-order valence-electron chi connectivity index (χ3n) is 2.41. The summed E-state index contributed by atoms with van der Waals surface area (Å²) >= 11 is 7.17. The Balaban J connectivity index is 2.00. The van der Waals surface area contributed by atoms with Gasteiger partial charge in [-0.2, -0.15) is 10.4 Å². The van der Waals surface area contributed by atoms with Crippen LogP contribution in [0.25, 0.3) is 0 Å². The molecule has 0 saturated heterocycles. The molecular weight excluding hydrogens is 298 g/mol. The van der Waals surface area contributed by atoms with Gasteiger partial charge in [-0.05, 0) is 25.1 Å². The maximum atomic E-state index is 12.0. The Hall–Kier alpha value is -2.04. The van der Waals surface area contributed by atoms with Crippen molar-refractivity contribution in [1.82, 2.24) is 15.2 Å². The Morgan fingerprint density at radius 3 is 3.00 bits per heavy atom. The van der Waals surface area contributed by atoms with Crippen LogP contribution in [0.1, 0.15) is 12.5 Å². The molecule has 0 aliphatic carbocycles. The van der Waals surface area contributed by atoms with Crippen molar-refractivity contribution in [3.05, 3.63) is 35.1 Å². The maximum Gasteiger partial charge on any atom is 0.237 e. The van der Waals surface area contributed by atoms with Crippen LogP contribution in [-0.4, -0.2) is 26.3 Å². The summed E-state index contributed by atoms with van der Waals surface area (Å²) in [5, 5.41) is 18.4. The van der Waals surface area contributed by atoms with E-state index < -0.39 is 0 Å². The van der Waals surface area contributed by atoms with Gasteiger partial charge in [-0.15, -0.1) is 0 Å². The standard InChI is InChI=1S/C12H10ClN5OS/c1-7(20-12-15-6-16-18-12)11(19)17-9-3-2-8(5-14)10(13)4-9/h2-4,6-7H,1H3,(H,17,19)(H,15,16,18). The fraction of sp³-hybridized carbons (Fsp3) is 0.167. The molecule has 20 heavy (non-hydrogen) atoms. The molecule has 1 unspecified atom stereocenters. The molecule has 0 aliphatic rings. The monoisotopic (exact) mass is 307 g/mol. The van der Waals surface area contributed by atoms with E-state index in [2.05, 4.69) is 20.5 Å². The van der Waals surface area contributed by atoms with Gasteiger partial charge in [-0.3, -0.25) is 9.89 Å². The average Bonchev–Trinajstić information content (AvgIpc) is 2.91. The van der Waals surface area contributed by atoms with Crippen LogP contribution < -0.4 is 5.32 Å². The zero-order valence-electron chi connectivity index (χ0n) is 10.4. The molecule has 2 aromatic rings. The molecule has 0 fully saturated rings. The molecule has 1 aromatic heterocycles. The predicted octanol–water partition coefficient (Wildman–Crippen LogP) is 2.45. The van der Waals surface area contributed by atoms with E-state index >= 15 is 0 Å². The Bertz CT molecular complexity index is 652. The number of rotatable bonds is 4. The first-order valence-electron chi connectivity index (χ1n) is 5.62. The number of nitrogens with one attached hydrogen (secondary N) is 2. The van der Waals surface area contributed by atoms with E-state index in [1.54, 1.807) is 25.1 Å². The molecule has 0 radical (unpaired) electrons. The van der Waals surface area contributed by atoms with Crippen LogP contribution in [0.5, 0.6) is 0 Å². The van der Waals surface area contributed by atoms with Crippen LogP contribution >= 0.6 is 23.4 Å². The highest BCUT2D eigenvalue weighted by atomic mass is 35.5. The number of aromatic amines is 1. The Morgan fingerprint density at radius 1 is 1.60 bits per heavy atom. The molecular formula is C12H10ClN5OS. The van der Waals surface area contributed by atoms with Crippen LogP contribution in [0, 0.1) is 11.3 Å². The number of hydrogen-bond acceptors (Lipinski definition) is 5. The first kappa shape index (κ1) is 14.4. The lowest BCUT2D eigenvalue weighted by Gasteiger charge is -2.10. The van der Waals surface area contributed by atoms with Gasteiger partial charge >= 0.3 is 0 Å². The number of carbonyl (C=O) groups excluding carboxylic acids is 1. The highest BCUT2D eigenvalue weighted by Gasteiger charge is 2.16. The topological polar surface area (TPSA) is 94.5 Å². The fourth-order valence-electron chi connectivity index (χ4n) is 1.40. The van der Waals surface area contributed by atoms with Crippen molar-refractivity contribution in [2.45, 2.75) is 17.3 Å². The highest BCUT2D eigenvalue weighted by Crippen LogP contribution is 2.23. The van der Waals surface area contributed by atoms with Crippen LogP contribution in [0.2, 0.25) is 5.02 Å². The summed E-state index contributed by atoms with van der Waals surface area (Å²) in [6, 6.07) is 6.70. The summed E-state index contributed by atoms with van der Waals surface area (Å²) in [4.78, 5) is 15.9. The predicted molar refractivity (Wildman–Crippen MR) is 76.5 cm³/mol. The summed E-state index contributed by atoms with van der Waals surface area (Å²) < 4.78 is 0. The third-order valence-corrected chi connectivity index (χ3v) is 3.71. The first-order chi connectivity index (χ1) is 9.60. The molecule has 1 heterocycles. The van der Waals surface area contributed by atoms with Crippen molar-refractivity contribution in [2.75, 3.05) is 5.32 Å². The second-order valence-corrected chi connectivity index (χ2v) is 5.58. The van der Waals surface area contributed by atoms with Crippen molar-refractivity contribution in [2.24, 2.45) is 0 Å². The number of halogens is 1. The van der Waals surface area contributed by atoms with E-state index in [1.807, 2.05) is 6.07 Å². The van der Waals surface area contributed by atoms with E-state index in [1.165, 1.54) is 18.1 Å². The lowest BCUT2D eigenvalue weighted by atomic mass is 10.2. The molecule has 1 aromatic carbocycles. The minimum atomic E-state index is -0.350. The third kappa shape index (κ3) is 3.50. The SMILES string of the molecule is CC(Sc1ncn[nH]1)C(=O)Nc1ccc(C#N)c(Cl)c1. The van der Waals surface area contributed by atoms with Gasteiger partial charge in [0.05, 0.1) is 15.8 Å². The summed E-state index contributed by atoms with van der Waals surface area (Å²) in [5.41, 5.74) is 0.915. The van der Waals surface area contributed by atoms with Gasteiger partial charge in [-0.1, -0.05) is 23.4 Å². The van der Waals surface area contributed by atoms with Crippen LogP contribution in [0.15, 0.2) is 29.7 Å². The van der Waals surface area contributed by atoms with Crippen molar-refractivity contribution in [1.29, 1.82) is 5.26 Å². The zero-order valence-corrected chi connectivity index (χ0v) is 12.0. The number of aromatic nitrogens is 3. The summed E-state index contributed by atoms with van der Waals surface area (Å²) in [5.74, 6) is -0.188. The summed E-state index contributed by atoms with van der Waals surface area (Å²) in [7, 11) is 0. The molecule has 2 rings (SSSR count). The van der Waals surface area contributed by atoms with E-state index in [9.17, 15) is 4.79 Å². The average molecular weight is 308 g/mol. The number of amides is 1. The van der Waals surface area contributed by atoms with E-state index in [0.29, 0.717) is 21.4 Å². The smallest absolute Gasteiger partial charge is 0.237 e. The number of nitrogens with zero attached hydrogens (tertiary/aromatic N) is 3. The molecule has 0 spiro atoms. The second kappa shape index (κ2) is 6.41. The Morgan fingerprint density at radius 2 is 2.40 bits per heavy atom. The van der Waals surface area contributed by atoms with Gasteiger partial charge in [0.25, 0.3) is 0 Å². The van der Waals surface area contributed by atoms with Crippen molar-refractivity contribution < 1.29 is 4.79 Å². The van der Waals surface area contributed by atoms with Crippen LogP contribution in [-0.2, 0) is 4.79 Å². The minimum absolute atomic E-state index is 0.188. The van der Waals surface area contributed by atoms with Gasteiger partial charge in [0.15, 0.2) is 5.16 Å². The van der Waals surface area contributed by atoms with Gasteiger partial charge in [0.1, 0.15) is 12.4 Å². The molecule has 1 atom stereocenters. The number of nitriles is 1. The molecule has 2 N–H and O–H groups in total. The first-order valence-corrected chi connectivity index (χ1v) is 6.88. The number of anilines is 1. The zero-order chi connectivity index (χ0) is 14.5. The number of benzene rings is 1. The molecule has 0 bridgehead atoms. The summed E-state index contributed by atoms with van der Waals surface area (Å²) in [6.45, 7) is 1.76. The maximum absolute atomic E-state index is 12.0. The number of carbonyl (C=O) groups is 1. The van der Waals surface area contributed by atoms with Crippen LogP contribution in [0.3, 0.4) is 0 Å². The van der Waals surface area contributed by atoms with E-state index in [-0.39, 0.29) is 11.2 Å². The molecule has 6 nitrogen and oxygen atoms in total. The Labute approximate surface area is 124 Å². The number of H-pyrrole nitrogens is 1. The largest absolute Gasteiger partial charge is 0.325 e. The van der Waals surface area contributed by atoms with E-state index in [0.717, 1.165) is 0 Å². The van der Waals surface area contributed by atoms with Crippen LogP contribution in [0.4, 0.5) is 5.69 Å². The quantitative estimate of drug-likeness (QED) is 0.846.